The molecule has 1 aliphatic carbocycles. The highest BCUT2D eigenvalue weighted by Gasteiger charge is 2.23. The monoisotopic (exact) mass is 266 g/mol. The van der Waals surface area contributed by atoms with Gasteiger partial charge in [-0.2, -0.15) is 0 Å². The molecule has 0 radical (unpaired) electrons. The van der Waals surface area contributed by atoms with E-state index >= 15 is 0 Å². The quantitative estimate of drug-likeness (QED) is 0.709. The van der Waals surface area contributed by atoms with Crippen LogP contribution in [-0.4, -0.2) is 23.7 Å². The number of rotatable bonds is 5. The van der Waals surface area contributed by atoms with Gasteiger partial charge in [-0.15, -0.1) is 0 Å². The van der Waals surface area contributed by atoms with Gasteiger partial charge in [0.15, 0.2) is 0 Å². The fourth-order valence-electron chi connectivity index (χ4n) is 2.29. The molecule has 0 fully saturated rings. The van der Waals surface area contributed by atoms with Crippen molar-refractivity contribution in [2.75, 3.05) is 6.54 Å². The van der Waals surface area contributed by atoms with Gasteiger partial charge < -0.3 is 20.2 Å². The van der Waals surface area contributed by atoms with E-state index in [1.54, 1.807) is 6.26 Å². The second kappa shape index (κ2) is 6.26. The molecule has 3 N–H and O–H groups in total. The number of urea groups is 1. The zero-order chi connectivity index (χ0) is 13.7. The molecular formula is C13H18N2O4. The van der Waals surface area contributed by atoms with Crippen LogP contribution in [-0.2, 0) is 11.2 Å². The maximum absolute atomic E-state index is 11.7. The van der Waals surface area contributed by atoms with Crippen molar-refractivity contribution in [3.63, 3.8) is 0 Å². The van der Waals surface area contributed by atoms with Crippen LogP contribution in [0.25, 0.3) is 0 Å². The SMILES string of the molecule is O=C(O)CCCNC(=O)NC1CCCc2occc21. The minimum atomic E-state index is -0.850. The largest absolute Gasteiger partial charge is 0.481 e. The molecular weight excluding hydrogens is 248 g/mol. The minimum Gasteiger partial charge on any atom is -0.481 e. The van der Waals surface area contributed by atoms with Gasteiger partial charge in [0.2, 0.25) is 0 Å². The first-order valence-electron chi connectivity index (χ1n) is 6.49. The fourth-order valence-corrected chi connectivity index (χ4v) is 2.29. The van der Waals surface area contributed by atoms with Crippen LogP contribution in [0, 0.1) is 0 Å². The molecule has 0 saturated heterocycles. The van der Waals surface area contributed by atoms with E-state index in [9.17, 15) is 9.59 Å². The van der Waals surface area contributed by atoms with Gasteiger partial charge in [0.1, 0.15) is 5.76 Å². The number of carboxylic acids is 1. The number of carbonyl (C=O) groups excluding carboxylic acids is 1. The van der Waals surface area contributed by atoms with Crippen molar-refractivity contribution in [3.05, 3.63) is 23.7 Å². The lowest BCUT2D eigenvalue weighted by molar-refractivity contribution is -0.137. The summed E-state index contributed by atoms with van der Waals surface area (Å²) in [4.78, 5) is 22.0. The van der Waals surface area contributed by atoms with E-state index in [0.717, 1.165) is 30.6 Å². The Morgan fingerprint density at radius 3 is 3.11 bits per heavy atom. The Morgan fingerprint density at radius 1 is 1.47 bits per heavy atom. The number of furan rings is 1. The Balaban J connectivity index is 1.76. The standard InChI is InChI=1S/C13H18N2O4/c16-12(17)5-2-7-14-13(18)15-10-3-1-4-11-9(10)6-8-19-11/h6,8,10H,1-5,7H2,(H,16,17)(H2,14,15,18). The normalized spacial score (nSPS) is 17.6. The lowest BCUT2D eigenvalue weighted by atomic mass is 9.93. The van der Waals surface area contributed by atoms with Gasteiger partial charge in [-0.25, -0.2) is 4.79 Å². The van der Waals surface area contributed by atoms with Crippen LogP contribution >= 0.6 is 0 Å². The molecule has 1 heterocycles. The zero-order valence-corrected chi connectivity index (χ0v) is 10.6. The number of nitrogens with one attached hydrogen (secondary N) is 2. The number of amides is 2. The van der Waals surface area contributed by atoms with E-state index in [1.807, 2.05) is 6.07 Å². The van der Waals surface area contributed by atoms with E-state index in [2.05, 4.69) is 10.6 Å². The Morgan fingerprint density at radius 2 is 2.32 bits per heavy atom. The van der Waals surface area contributed by atoms with Crippen LogP contribution in [0.4, 0.5) is 4.79 Å². The second-order valence-corrected chi connectivity index (χ2v) is 4.64. The van der Waals surface area contributed by atoms with Crippen LogP contribution < -0.4 is 10.6 Å². The number of hydrogen-bond acceptors (Lipinski definition) is 3. The number of carbonyl (C=O) groups is 2. The van der Waals surface area contributed by atoms with Gasteiger partial charge in [0, 0.05) is 24.9 Å². The van der Waals surface area contributed by atoms with Gasteiger partial charge in [0.05, 0.1) is 12.3 Å². The van der Waals surface area contributed by atoms with Crippen molar-refractivity contribution in [1.29, 1.82) is 0 Å². The van der Waals surface area contributed by atoms with E-state index in [-0.39, 0.29) is 18.5 Å². The molecule has 1 aliphatic rings. The molecule has 0 saturated carbocycles. The average Bonchev–Trinajstić information content (AvgIpc) is 2.84. The van der Waals surface area contributed by atoms with Gasteiger partial charge in [-0.05, 0) is 25.3 Å². The van der Waals surface area contributed by atoms with E-state index in [1.165, 1.54) is 0 Å². The van der Waals surface area contributed by atoms with Crippen LogP contribution in [0.15, 0.2) is 16.7 Å². The Labute approximate surface area is 111 Å². The number of hydrogen-bond donors (Lipinski definition) is 3. The van der Waals surface area contributed by atoms with Gasteiger partial charge in [0.25, 0.3) is 0 Å². The third-order valence-electron chi connectivity index (χ3n) is 3.21. The molecule has 6 heteroatoms. The molecule has 2 amide bonds. The van der Waals surface area contributed by atoms with Crippen LogP contribution in [0.3, 0.4) is 0 Å². The summed E-state index contributed by atoms with van der Waals surface area (Å²) in [7, 11) is 0. The topological polar surface area (TPSA) is 91.6 Å². The summed E-state index contributed by atoms with van der Waals surface area (Å²) in [5.74, 6) is 0.0972. The van der Waals surface area contributed by atoms with Crippen molar-refractivity contribution < 1.29 is 19.1 Å². The molecule has 104 valence electrons. The Hall–Kier alpha value is -1.98. The predicted octanol–water partition coefficient (Wildman–Crippen LogP) is 1.82. The van der Waals surface area contributed by atoms with Gasteiger partial charge >= 0.3 is 12.0 Å². The molecule has 19 heavy (non-hydrogen) atoms. The number of carboxylic acid groups (broad SMARTS) is 1. The van der Waals surface area contributed by atoms with Gasteiger partial charge in [-0.1, -0.05) is 0 Å². The zero-order valence-electron chi connectivity index (χ0n) is 10.6. The minimum absolute atomic E-state index is 0.0121. The first kappa shape index (κ1) is 13.5. The summed E-state index contributed by atoms with van der Waals surface area (Å²) < 4.78 is 5.36. The third kappa shape index (κ3) is 3.74. The molecule has 2 rings (SSSR count). The fraction of sp³-hybridized carbons (Fsp3) is 0.538. The Kier molecular flexibility index (Phi) is 4.43. The Bertz CT molecular complexity index is 455. The summed E-state index contributed by atoms with van der Waals surface area (Å²) in [5, 5.41) is 14.0. The molecule has 0 aliphatic heterocycles. The molecule has 1 unspecified atom stereocenters. The summed E-state index contributed by atoms with van der Waals surface area (Å²) in [6, 6.07) is 1.62. The van der Waals surface area contributed by atoms with Crippen molar-refractivity contribution in [2.45, 2.75) is 38.1 Å². The maximum atomic E-state index is 11.7. The lowest BCUT2D eigenvalue weighted by Crippen LogP contribution is -2.39. The van der Waals surface area contributed by atoms with E-state index in [0.29, 0.717) is 13.0 Å². The third-order valence-corrected chi connectivity index (χ3v) is 3.21. The predicted molar refractivity (Wildman–Crippen MR) is 67.8 cm³/mol. The number of fused-ring (bicyclic) bond motifs is 1. The van der Waals surface area contributed by atoms with E-state index < -0.39 is 5.97 Å². The van der Waals surface area contributed by atoms with Crippen LogP contribution in [0.2, 0.25) is 0 Å². The first-order chi connectivity index (χ1) is 9.16. The van der Waals surface area contributed by atoms with Crippen LogP contribution in [0.5, 0.6) is 0 Å². The molecule has 1 atom stereocenters. The molecule has 6 nitrogen and oxygen atoms in total. The summed E-state index contributed by atoms with van der Waals surface area (Å²) >= 11 is 0. The maximum Gasteiger partial charge on any atom is 0.315 e. The lowest BCUT2D eigenvalue weighted by Gasteiger charge is -2.22. The molecule has 0 bridgehead atoms. The first-order valence-corrected chi connectivity index (χ1v) is 6.49. The summed E-state index contributed by atoms with van der Waals surface area (Å²) in [6.45, 7) is 0.364. The highest BCUT2D eigenvalue weighted by molar-refractivity contribution is 5.74. The van der Waals surface area contributed by atoms with Crippen molar-refractivity contribution in [1.82, 2.24) is 10.6 Å². The van der Waals surface area contributed by atoms with E-state index in [4.69, 9.17) is 9.52 Å². The molecule has 1 aromatic rings. The van der Waals surface area contributed by atoms with Crippen molar-refractivity contribution in [3.8, 4) is 0 Å². The number of aryl methyl sites for hydroxylation is 1. The summed E-state index contributed by atoms with van der Waals surface area (Å²) in [5.41, 5.74) is 1.05. The second-order valence-electron chi connectivity index (χ2n) is 4.64. The average molecular weight is 266 g/mol. The summed E-state index contributed by atoms with van der Waals surface area (Å²) in [6.07, 6.45) is 4.95. The van der Waals surface area contributed by atoms with Gasteiger partial charge in [-0.3, -0.25) is 4.79 Å². The van der Waals surface area contributed by atoms with Crippen LogP contribution in [0.1, 0.15) is 43.0 Å². The molecule has 0 spiro atoms. The molecule has 0 aromatic carbocycles. The highest BCUT2D eigenvalue weighted by Crippen LogP contribution is 2.30. The highest BCUT2D eigenvalue weighted by atomic mass is 16.4. The number of aliphatic carboxylic acids is 1. The van der Waals surface area contributed by atoms with Crippen molar-refractivity contribution in [2.24, 2.45) is 0 Å². The molecule has 1 aromatic heterocycles. The van der Waals surface area contributed by atoms with Crippen molar-refractivity contribution >= 4 is 12.0 Å². The smallest absolute Gasteiger partial charge is 0.315 e.